The van der Waals surface area contributed by atoms with Crippen molar-refractivity contribution in [2.45, 2.75) is 18.4 Å². The molecule has 2 heterocycles. The molecule has 1 aliphatic rings. The maximum absolute atomic E-state index is 6.23. The Labute approximate surface area is 167 Å². The van der Waals surface area contributed by atoms with Gasteiger partial charge < -0.3 is 10.1 Å². The second-order valence-corrected chi connectivity index (χ2v) is 7.16. The fraction of sp³-hybridized carbons (Fsp3) is 0.100. The molecule has 5 nitrogen and oxygen atoms in total. The van der Waals surface area contributed by atoms with Crippen LogP contribution in [-0.2, 0) is 6.54 Å². The minimum Gasteiger partial charge on any atom is -0.454 e. The van der Waals surface area contributed by atoms with Crippen molar-refractivity contribution in [2.24, 2.45) is 4.99 Å². The van der Waals surface area contributed by atoms with Crippen molar-refractivity contribution in [3.63, 3.8) is 0 Å². The van der Waals surface area contributed by atoms with Crippen LogP contribution >= 0.6 is 23.5 Å². The zero-order valence-corrected chi connectivity index (χ0v) is 16.1. The number of guanidine groups is 1. The Kier molecular flexibility index (Phi) is 5.18. The number of anilines is 1. The first kappa shape index (κ1) is 17.7. The second-order valence-electron chi connectivity index (χ2n) is 5.90. The summed E-state index contributed by atoms with van der Waals surface area (Å²) in [7, 11) is 0. The number of para-hydroxylation sites is 2. The van der Waals surface area contributed by atoms with Crippen LogP contribution in [0.5, 0.6) is 11.5 Å². The summed E-state index contributed by atoms with van der Waals surface area (Å²) in [6.45, 7) is 2.52. The van der Waals surface area contributed by atoms with Crippen molar-refractivity contribution < 1.29 is 4.74 Å². The minimum absolute atomic E-state index is 0.540. The highest BCUT2D eigenvalue weighted by Crippen LogP contribution is 2.40. The first-order valence-corrected chi connectivity index (χ1v) is 9.60. The first-order chi connectivity index (χ1) is 13.2. The van der Waals surface area contributed by atoms with Gasteiger partial charge in [-0.25, -0.2) is 4.99 Å². The van der Waals surface area contributed by atoms with Gasteiger partial charge in [0.15, 0.2) is 5.75 Å². The number of nitrogens with one attached hydrogen (secondary N) is 2. The van der Waals surface area contributed by atoms with Crippen molar-refractivity contribution in [1.82, 2.24) is 9.71 Å². The number of aryl methyl sites for hydroxylation is 1. The number of hydrogen-bond acceptors (Lipinski definition) is 4. The highest BCUT2D eigenvalue weighted by molar-refractivity contribution is 7.98. The van der Waals surface area contributed by atoms with Crippen molar-refractivity contribution in [1.29, 1.82) is 0 Å². The molecule has 0 radical (unpaired) electrons. The number of fused-ring (bicyclic) bond motifs is 1. The van der Waals surface area contributed by atoms with Gasteiger partial charge in [-0.05, 0) is 54.8 Å². The molecule has 1 aliphatic heterocycles. The Bertz CT molecular complexity index is 1010. The molecule has 0 unspecified atom stereocenters. The molecule has 1 aromatic heterocycles. The third-order valence-electron chi connectivity index (χ3n) is 4.07. The summed E-state index contributed by atoms with van der Waals surface area (Å²) in [6.07, 6.45) is 1.79. The minimum atomic E-state index is 0.540. The van der Waals surface area contributed by atoms with Crippen molar-refractivity contribution in [2.75, 3.05) is 5.32 Å². The van der Waals surface area contributed by atoms with Crippen LogP contribution in [0.15, 0.2) is 70.7 Å². The topological polar surface area (TPSA) is 58.5 Å². The van der Waals surface area contributed by atoms with Gasteiger partial charge in [-0.15, -0.1) is 0 Å². The molecular weight excluding hydrogens is 380 g/mol. The summed E-state index contributed by atoms with van der Waals surface area (Å²) in [5.74, 6) is 1.98. The number of aliphatic imine (C=N–C) groups is 1. The average molecular weight is 397 g/mol. The van der Waals surface area contributed by atoms with Crippen LogP contribution in [0, 0.1) is 6.92 Å². The number of nitrogens with zero attached hydrogens (tertiary/aromatic N) is 2. The predicted octanol–water partition coefficient (Wildman–Crippen LogP) is 5.41. The normalized spacial score (nSPS) is 14.2. The molecule has 27 heavy (non-hydrogen) atoms. The van der Waals surface area contributed by atoms with Crippen molar-refractivity contribution in [3.05, 3.63) is 77.1 Å². The summed E-state index contributed by atoms with van der Waals surface area (Å²) >= 11 is 7.72. The number of benzene rings is 2. The molecule has 3 aromatic rings. The van der Waals surface area contributed by atoms with Gasteiger partial charge in [0.05, 0.1) is 22.2 Å². The Morgan fingerprint density at radius 1 is 1.07 bits per heavy atom. The van der Waals surface area contributed by atoms with Crippen LogP contribution in [0.2, 0.25) is 5.02 Å². The summed E-state index contributed by atoms with van der Waals surface area (Å²) in [5.41, 5.74) is 2.93. The highest BCUT2D eigenvalue weighted by Gasteiger charge is 2.19. The van der Waals surface area contributed by atoms with E-state index >= 15 is 0 Å². The van der Waals surface area contributed by atoms with Crippen molar-refractivity contribution >= 4 is 35.2 Å². The predicted molar refractivity (Wildman–Crippen MR) is 111 cm³/mol. The molecule has 0 saturated carbocycles. The molecule has 0 amide bonds. The molecule has 0 aliphatic carbocycles. The number of aromatic nitrogens is 1. The van der Waals surface area contributed by atoms with E-state index in [2.05, 4.69) is 20.0 Å². The van der Waals surface area contributed by atoms with E-state index in [1.165, 1.54) is 11.9 Å². The number of hydrogen-bond donors (Lipinski definition) is 2. The molecule has 2 aromatic carbocycles. The van der Waals surface area contributed by atoms with E-state index in [0.717, 1.165) is 21.8 Å². The molecule has 136 valence electrons. The van der Waals surface area contributed by atoms with Gasteiger partial charge in [0.2, 0.25) is 5.96 Å². The summed E-state index contributed by atoms with van der Waals surface area (Å²) in [5, 5.41) is 3.89. The molecule has 2 N–H and O–H groups in total. The Morgan fingerprint density at radius 3 is 2.78 bits per heavy atom. The Hall–Kier alpha value is -2.70. The molecule has 0 bridgehead atoms. The number of ether oxygens (including phenoxy) is 1. The quantitative estimate of drug-likeness (QED) is 0.577. The third-order valence-corrected chi connectivity index (χ3v) is 5.24. The van der Waals surface area contributed by atoms with Crippen molar-refractivity contribution in [3.8, 4) is 11.5 Å². The Morgan fingerprint density at radius 2 is 1.93 bits per heavy atom. The van der Waals surface area contributed by atoms with Gasteiger partial charge in [-0.3, -0.25) is 9.71 Å². The molecule has 4 rings (SSSR count). The lowest BCUT2D eigenvalue weighted by Gasteiger charge is -2.23. The van der Waals surface area contributed by atoms with Gasteiger partial charge in [0, 0.05) is 11.9 Å². The molecule has 0 atom stereocenters. The van der Waals surface area contributed by atoms with Crippen LogP contribution in [0.25, 0.3) is 0 Å². The van der Waals surface area contributed by atoms with Crippen LogP contribution < -0.4 is 14.8 Å². The lowest BCUT2D eigenvalue weighted by atomic mass is 10.2. The van der Waals surface area contributed by atoms with E-state index in [0.29, 0.717) is 29.0 Å². The number of halogens is 1. The van der Waals surface area contributed by atoms with Gasteiger partial charge in [-0.2, -0.15) is 0 Å². The summed E-state index contributed by atoms with van der Waals surface area (Å²) in [6, 6.07) is 17.2. The van der Waals surface area contributed by atoms with Crippen LogP contribution in [0.4, 0.5) is 5.69 Å². The van der Waals surface area contributed by atoms with Crippen LogP contribution in [0.1, 0.15) is 11.3 Å². The Balaban J connectivity index is 1.57. The van der Waals surface area contributed by atoms with E-state index in [1.54, 1.807) is 12.3 Å². The van der Waals surface area contributed by atoms with Gasteiger partial charge in [0.1, 0.15) is 5.75 Å². The monoisotopic (exact) mass is 396 g/mol. The molecule has 0 spiro atoms. The molecular formula is C20H17ClN4OS. The SMILES string of the molecule is Cc1ncccc1CN=C1NSc2cccc(Oc3ccccc3Cl)c2N1. The standard InChI is InChI=1S/C20H17ClN4OS/c1-13-14(6-5-11-22-13)12-23-20-24-19-17(9-4-10-18(19)27-25-20)26-16-8-3-2-7-15(16)21/h2-11H,12H2,1H3,(H2,23,24,25). The third kappa shape index (κ3) is 4.02. The second kappa shape index (κ2) is 7.90. The molecule has 7 heteroatoms. The van der Waals surface area contributed by atoms with E-state index in [9.17, 15) is 0 Å². The van der Waals surface area contributed by atoms with Crippen LogP contribution in [0.3, 0.4) is 0 Å². The molecule has 0 saturated heterocycles. The van der Waals surface area contributed by atoms with E-state index in [4.69, 9.17) is 16.3 Å². The van der Waals surface area contributed by atoms with Gasteiger partial charge in [0.25, 0.3) is 0 Å². The summed E-state index contributed by atoms with van der Waals surface area (Å²) < 4.78 is 9.26. The average Bonchev–Trinajstić information content (AvgIpc) is 2.69. The zero-order chi connectivity index (χ0) is 18.6. The fourth-order valence-corrected chi connectivity index (χ4v) is 3.51. The highest BCUT2D eigenvalue weighted by atomic mass is 35.5. The van der Waals surface area contributed by atoms with Gasteiger partial charge >= 0.3 is 0 Å². The maximum Gasteiger partial charge on any atom is 0.206 e. The smallest absolute Gasteiger partial charge is 0.206 e. The number of rotatable bonds is 4. The lowest BCUT2D eigenvalue weighted by molar-refractivity contribution is 0.484. The number of pyridine rings is 1. The largest absolute Gasteiger partial charge is 0.454 e. The van der Waals surface area contributed by atoms with E-state index < -0.39 is 0 Å². The lowest BCUT2D eigenvalue weighted by Crippen LogP contribution is -2.29. The maximum atomic E-state index is 6.23. The van der Waals surface area contributed by atoms with E-state index in [-0.39, 0.29) is 0 Å². The van der Waals surface area contributed by atoms with Gasteiger partial charge in [-0.1, -0.05) is 35.9 Å². The zero-order valence-electron chi connectivity index (χ0n) is 14.6. The van der Waals surface area contributed by atoms with Crippen LogP contribution in [-0.4, -0.2) is 10.9 Å². The first-order valence-electron chi connectivity index (χ1n) is 8.41. The van der Waals surface area contributed by atoms with E-state index in [1.807, 2.05) is 55.5 Å². The summed E-state index contributed by atoms with van der Waals surface area (Å²) in [4.78, 5) is 9.96. The fourth-order valence-electron chi connectivity index (χ4n) is 2.62. The molecule has 0 fully saturated rings.